The molecule has 0 aliphatic rings. The van der Waals surface area contributed by atoms with Gasteiger partial charge >= 0.3 is 0 Å². The molecule has 12 aromatic rings. The summed E-state index contributed by atoms with van der Waals surface area (Å²) in [5, 5.41) is 10.4. The van der Waals surface area contributed by atoms with Crippen molar-refractivity contribution in [3.8, 4) is 39.3 Å². The first-order chi connectivity index (χ1) is 27.3. The van der Waals surface area contributed by atoms with E-state index in [-0.39, 0.29) is 0 Å². The second-order valence-corrected chi connectivity index (χ2v) is 14.4. The Morgan fingerprint density at radius 2 is 0.927 bits per heavy atom. The number of hydrogen-bond donors (Lipinski definition) is 0. The molecule has 256 valence electrons. The molecule has 0 aliphatic carbocycles. The van der Waals surface area contributed by atoms with Crippen LogP contribution in [0.3, 0.4) is 0 Å². The average Bonchev–Trinajstić information content (AvgIpc) is 3.94. The Labute approximate surface area is 315 Å². The van der Waals surface area contributed by atoms with Gasteiger partial charge in [0, 0.05) is 49.3 Å². The maximum Gasteiger partial charge on any atom is 0.143 e. The summed E-state index contributed by atoms with van der Waals surface area (Å²) in [6.45, 7) is 0. The molecule has 9 aromatic carbocycles. The number of hydrogen-bond acceptors (Lipinski definition) is 2. The molecule has 0 aliphatic heterocycles. The van der Waals surface area contributed by atoms with E-state index in [2.05, 4.69) is 174 Å². The Kier molecular flexibility index (Phi) is 6.34. The number of nitrogens with zero attached hydrogens (tertiary/aromatic N) is 1. The number of benzene rings is 9. The maximum absolute atomic E-state index is 6.88. The fourth-order valence-corrected chi connectivity index (χ4v) is 9.06. The zero-order valence-electron chi connectivity index (χ0n) is 29.7. The Morgan fingerprint density at radius 3 is 1.65 bits per heavy atom. The van der Waals surface area contributed by atoms with Crippen molar-refractivity contribution in [2.75, 3.05) is 0 Å². The predicted octanol–water partition coefficient (Wildman–Crippen LogP) is 14.7. The smallest absolute Gasteiger partial charge is 0.143 e. The van der Waals surface area contributed by atoms with E-state index in [4.69, 9.17) is 8.83 Å². The van der Waals surface area contributed by atoms with E-state index in [1.54, 1.807) is 0 Å². The molecule has 3 heterocycles. The lowest BCUT2D eigenvalue weighted by Crippen LogP contribution is -1.94. The van der Waals surface area contributed by atoms with Crippen LogP contribution in [-0.4, -0.2) is 4.57 Å². The number of furan rings is 2. The molecule has 0 bridgehead atoms. The predicted molar refractivity (Wildman–Crippen MR) is 229 cm³/mol. The monoisotopic (exact) mass is 701 g/mol. The highest BCUT2D eigenvalue weighted by Gasteiger charge is 2.23. The SMILES string of the molecule is c1ccc(-c2cc3cc4oc5c(-c6c7ccccc7c(-c7cccc8c7c7ccccc7n8-c7ccccc7)c7ccccc67)cccc5c4cc3o2)cc1. The Hall–Kier alpha value is -7.36. The van der Waals surface area contributed by atoms with Gasteiger partial charge in [-0.15, -0.1) is 0 Å². The van der Waals surface area contributed by atoms with Gasteiger partial charge in [-0.05, 0) is 75.1 Å². The van der Waals surface area contributed by atoms with Gasteiger partial charge < -0.3 is 13.4 Å². The first-order valence-corrected chi connectivity index (χ1v) is 18.8. The van der Waals surface area contributed by atoms with E-state index in [9.17, 15) is 0 Å². The maximum atomic E-state index is 6.88. The van der Waals surface area contributed by atoms with Crippen LogP contribution in [0, 0.1) is 0 Å². The van der Waals surface area contributed by atoms with E-state index in [0.717, 1.165) is 55.5 Å². The second-order valence-electron chi connectivity index (χ2n) is 14.4. The van der Waals surface area contributed by atoms with Crippen LogP contribution in [0.25, 0.3) is 116 Å². The quantitative estimate of drug-likeness (QED) is 0.171. The summed E-state index contributed by atoms with van der Waals surface area (Å²) < 4.78 is 15.7. The van der Waals surface area contributed by atoms with Crippen LogP contribution in [0.4, 0.5) is 0 Å². The fourth-order valence-electron chi connectivity index (χ4n) is 9.06. The standard InChI is InChI=1S/C52H31NO2/c1-3-15-32(16-4-1)46-29-33-30-48-43(31-47(33)54-46)39-24-13-26-42(52(39)55-48)50-37-21-9-7-19-35(37)49(36-20-8-10-22-38(36)50)41-25-14-28-45-51(41)40-23-11-12-27-44(40)53(45)34-17-5-2-6-18-34/h1-31H. The minimum atomic E-state index is 0.849. The third-order valence-electron chi connectivity index (χ3n) is 11.4. The zero-order valence-corrected chi connectivity index (χ0v) is 29.7. The van der Waals surface area contributed by atoms with Crippen molar-refractivity contribution in [3.63, 3.8) is 0 Å². The molecule has 0 saturated carbocycles. The van der Waals surface area contributed by atoms with Crippen molar-refractivity contribution in [2.45, 2.75) is 0 Å². The van der Waals surface area contributed by atoms with E-state index >= 15 is 0 Å². The lowest BCUT2D eigenvalue weighted by Gasteiger charge is -2.18. The van der Waals surface area contributed by atoms with Gasteiger partial charge in [0.2, 0.25) is 0 Å². The normalized spacial score (nSPS) is 12.0. The van der Waals surface area contributed by atoms with Crippen LogP contribution < -0.4 is 0 Å². The minimum Gasteiger partial charge on any atom is -0.456 e. The molecule has 3 heteroatoms. The van der Waals surface area contributed by atoms with Gasteiger partial charge in [-0.2, -0.15) is 0 Å². The lowest BCUT2D eigenvalue weighted by atomic mass is 9.84. The summed E-state index contributed by atoms with van der Waals surface area (Å²) in [5.41, 5.74) is 11.9. The summed E-state index contributed by atoms with van der Waals surface area (Å²) >= 11 is 0. The third-order valence-corrected chi connectivity index (χ3v) is 11.4. The zero-order chi connectivity index (χ0) is 36.0. The third kappa shape index (κ3) is 4.38. The van der Waals surface area contributed by atoms with Gasteiger partial charge in [0.05, 0.1) is 11.0 Å². The van der Waals surface area contributed by atoms with Crippen LogP contribution in [0.1, 0.15) is 0 Å². The van der Waals surface area contributed by atoms with Gasteiger partial charge in [-0.25, -0.2) is 0 Å². The van der Waals surface area contributed by atoms with Crippen molar-refractivity contribution >= 4 is 76.3 Å². The number of fused-ring (bicyclic) bond motifs is 9. The summed E-state index contributed by atoms with van der Waals surface area (Å²) in [5.74, 6) is 0.853. The molecule has 0 atom stereocenters. The summed E-state index contributed by atoms with van der Waals surface area (Å²) in [7, 11) is 0. The molecule has 0 radical (unpaired) electrons. The number of rotatable bonds is 4. The number of aromatic nitrogens is 1. The Morgan fingerprint density at radius 1 is 0.364 bits per heavy atom. The molecule has 0 saturated heterocycles. The first kappa shape index (κ1) is 30.1. The highest BCUT2D eigenvalue weighted by atomic mass is 16.3. The van der Waals surface area contributed by atoms with Gasteiger partial charge in [-0.1, -0.05) is 146 Å². The van der Waals surface area contributed by atoms with Gasteiger partial charge in [-0.3, -0.25) is 0 Å². The Balaban J connectivity index is 1.13. The molecule has 0 spiro atoms. The van der Waals surface area contributed by atoms with Crippen LogP contribution >= 0.6 is 0 Å². The minimum absolute atomic E-state index is 0.849. The Bertz CT molecular complexity index is 3420. The van der Waals surface area contributed by atoms with Crippen molar-refractivity contribution < 1.29 is 8.83 Å². The molecular formula is C52H31NO2. The summed E-state index contributed by atoms with van der Waals surface area (Å²) in [6, 6.07) is 67.1. The number of para-hydroxylation sites is 3. The first-order valence-electron chi connectivity index (χ1n) is 18.8. The van der Waals surface area contributed by atoms with Crippen LogP contribution in [0.5, 0.6) is 0 Å². The highest BCUT2D eigenvalue weighted by Crippen LogP contribution is 2.49. The van der Waals surface area contributed by atoms with Gasteiger partial charge in [0.15, 0.2) is 0 Å². The average molecular weight is 702 g/mol. The summed E-state index contributed by atoms with van der Waals surface area (Å²) in [6.07, 6.45) is 0. The van der Waals surface area contributed by atoms with E-state index in [1.165, 1.54) is 60.0 Å². The molecule has 0 amide bonds. The molecule has 12 rings (SSSR count). The van der Waals surface area contributed by atoms with Crippen molar-refractivity contribution in [2.24, 2.45) is 0 Å². The van der Waals surface area contributed by atoms with Crippen LogP contribution in [0.2, 0.25) is 0 Å². The van der Waals surface area contributed by atoms with E-state index in [0.29, 0.717) is 0 Å². The van der Waals surface area contributed by atoms with E-state index < -0.39 is 0 Å². The van der Waals surface area contributed by atoms with Crippen molar-refractivity contribution in [1.82, 2.24) is 4.57 Å². The molecule has 3 nitrogen and oxygen atoms in total. The molecule has 3 aromatic heterocycles. The molecule has 0 unspecified atom stereocenters. The van der Waals surface area contributed by atoms with Crippen LogP contribution in [0.15, 0.2) is 197 Å². The van der Waals surface area contributed by atoms with Crippen molar-refractivity contribution in [3.05, 3.63) is 188 Å². The lowest BCUT2D eigenvalue weighted by molar-refractivity contribution is 0.631. The molecule has 0 fully saturated rings. The molecular weight excluding hydrogens is 671 g/mol. The van der Waals surface area contributed by atoms with Crippen LogP contribution in [-0.2, 0) is 0 Å². The molecule has 0 N–H and O–H groups in total. The van der Waals surface area contributed by atoms with Crippen molar-refractivity contribution in [1.29, 1.82) is 0 Å². The highest BCUT2D eigenvalue weighted by molar-refractivity contribution is 6.28. The van der Waals surface area contributed by atoms with Gasteiger partial charge in [0.1, 0.15) is 22.5 Å². The van der Waals surface area contributed by atoms with Gasteiger partial charge in [0.25, 0.3) is 0 Å². The second kappa shape index (κ2) is 11.6. The van der Waals surface area contributed by atoms with E-state index in [1.807, 2.05) is 18.2 Å². The largest absolute Gasteiger partial charge is 0.456 e. The summed E-state index contributed by atoms with van der Waals surface area (Å²) in [4.78, 5) is 0. The molecule has 55 heavy (non-hydrogen) atoms. The topological polar surface area (TPSA) is 31.2 Å². The fraction of sp³-hybridized carbons (Fsp3) is 0.